The molecule has 2 aromatic carbocycles. The zero-order valence-electron chi connectivity index (χ0n) is 15.1. The van der Waals surface area contributed by atoms with Crippen molar-refractivity contribution in [2.24, 2.45) is 10.1 Å². The summed E-state index contributed by atoms with van der Waals surface area (Å²) in [6.07, 6.45) is 4.67. The van der Waals surface area contributed by atoms with Crippen LogP contribution in [0.1, 0.15) is 32.6 Å². The van der Waals surface area contributed by atoms with Gasteiger partial charge < -0.3 is 0 Å². The van der Waals surface area contributed by atoms with Gasteiger partial charge in [0.25, 0.3) is 0 Å². The van der Waals surface area contributed by atoms with E-state index in [9.17, 15) is 0 Å². The van der Waals surface area contributed by atoms with Crippen LogP contribution in [-0.2, 0) is 0 Å². The molecule has 0 radical (unpaired) electrons. The molecule has 1 saturated carbocycles. The molecule has 0 saturated heterocycles. The van der Waals surface area contributed by atoms with Crippen LogP contribution in [0.15, 0.2) is 70.1 Å². The maximum absolute atomic E-state index is 5.00. The fourth-order valence-electron chi connectivity index (χ4n) is 3.37. The first kappa shape index (κ1) is 17.0. The summed E-state index contributed by atoms with van der Waals surface area (Å²) in [4.78, 5) is 5.69. The highest BCUT2D eigenvalue weighted by Crippen LogP contribution is 2.29. The van der Waals surface area contributed by atoms with E-state index in [2.05, 4.69) is 59.1 Å². The lowest BCUT2D eigenvalue weighted by Gasteiger charge is -2.08. The van der Waals surface area contributed by atoms with E-state index in [1.807, 2.05) is 6.92 Å². The van der Waals surface area contributed by atoms with Crippen molar-refractivity contribution in [3.05, 3.63) is 64.8 Å². The van der Waals surface area contributed by atoms with Gasteiger partial charge in [0.15, 0.2) is 0 Å². The van der Waals surface area contributed by atoms with Crippen molar-refractivity contribution in [3.8, 4) is 11.3 Å². The van der Waals surface area contributed by atoms with Gasteiger partial charge in [-0.1, -0.05) is 54.6 Å². The van der Waals surface area contributed by atoms with Gasteiger partial charge in [0.05, 0.1) is 12.2 Å². The Morgan fingerprint density at radius 2 is 1.88 bits per heavy atom. The first-order valence-electron chi connectivity index (χ1n) is 9.12. The molecule has 0 unspecified atom stereocenters. The van der Waals surface area contributed by atoms with Crippen LogP contribution in [0.2, 0.25) is 0 Å². The van der Waals surface area contributed by atoms with Crippen LogP contribution < -0.4 is 4.80 Å². The molecular weight excluding hydrogens is 338 g/mol. The molecule has 4 rings (SSSR count). The number of hydrogen-bond donors (Lipinski definition) is 0. The van der Waals surface area contributed by atoms with Crippen LogP contribution >= 0.6 is 11.3 Å². The van der Waals surface area contributed by atoms with Crippen LogP contribution in [0.4, 0.5) is 0 Å². The molecule has 0 aliphatic heterocycles. The van der Waals surface area contributed by atoms with Crippen molar-refractivity contribution in [2.75, 3.05) is 6.54 Å². The van der Waals surface area contributed by atoms with E-state index >= 15 is 0 Å². The summed E-state index contributed by atoms with van der Waals surface area (Å²) in [7, 11) is 0. The minimum absolute atomic E-state index is 0.639. The average molecular weight is 362 g/mol. The average Bonchev–Trinajstić information content (AvgIpc) is 3.30. The molecule has 0 atom stereocenters. The number of hydrogen-bond acceptors (Lipinski definition) is 3. The molecule has 0 spiro atoms. The van der Waals surface area contributed by atoms with E-state index in [1.54, 1.807) is 11.3 Å². The number of aromatic nitrogens is 1. The zero-order valence-corrected chi connectivity index (χ0v) is 15.9. The number of fused-ring (bicyclic) bond motifs is 1. The van der Waals surface area contributed by atoms with Gasteiger partial charge in [0.1, 0.15) is 0 Å². The fourth-order valence-corrected chi connectivity index (χ4v) is 4.19. The third-order valence-electron chi connectivity index (χ3n) is 4.66. The summed E-state index contributed by atoms with van der Waals surface area (Å²) in [6, 6.07) is 15.0. The molecule has 3 aromatic rings. The molecule has 1 aromatic heterocycles. The van der Waals surface area contributed by atoms with Crippen molar-refractivity contribution in [2.45, 2.75) is 32.6 Å². The van der Waals surface area contributed by atoms with Gasteiger partial charge in [-0.05, 0) is 43.4 Å². The highest BCUT2D eigenvalue weighted by atomic mass is 32.1. The van der Waals surface area contributed by atoms with Gasteiger partial charge in [-0.25, -0.2) is 4.68 Å². The number of nitrogens with zero attached hydrogens (tertiary/aromatic N) is 3. The number of thiazole rings is 1. The highest BCUT2D eigenvalue weighted by molar-refractivity contribution is 7.07. The Labute approximate surface area is 158 Å². The second-order valence-electron chi connectivity index (χ2n) is 6.89. The largest absolute Gasteiger partial charge is 0.253 e. The van der Waals surface area contributed by atoms with E-state index in [1.165, 1.54) is 34.9 Å². The van der Waals surface area contributed by atoms with E-state index in [-0.39, 0.29) is 0 Å². The predicted octanol–water partition coefficient (Wildman–Crippen LogP) is 5.62. The molecule has 1 heterocycles. The minimum Gasteiger partial charge on any atom is -0.253 e. The van der Waals surface area contributed by atoms with Crippen LogP contribution in [0.25, 0.3) is 22.0 Å². The van der Waals surface area contributed by atoms with E-state index < -0.39 is 0 Å². The molecule has 1 aliphatic rings. The minimum atomic E-state index is 0.639. The van der Waals surface area contributed by atoms with Crippen LogP contribution in [0.5, 0.6) is 0 Å². The second kappa shape index (κ2) is 7.42. The number of benzene rings is 2. The maximum atomic E-state index is 5.00. The summed E-state index contributed by atoms with van der Waals surface area (Å²) in [5, 5.41) is 9.67. The van der Waals surface area contributed by atoms with Gasteiger partial charge in [0, 0.05) is 16.7 Å². The Hall–Kier alpha value is -2.46. The Bertz CT molecular complexity index is 1040. The lowest BCUT2D eigenvalue weighted by molar-refractivity contribution is 0.825. The van der Waals surface area contributed by atoms with Crippen molar-refractivity contribution in [1.29, 1.82) is 0 Å². The number of rotatable bonds is 4. The summed E-state index contributed by atoms with van der Waals surface area (Å²) >= 11 is 1.65. The zero-order chi connectivity index (χ0) is 17.9. The Kier molecular flexibility index (Phi) is 4.85. The topological polar surface area (TPSA) is 29.6 Å². The first-order valence-corrected chi connectivity index (χ1v) is 10.0. The molecular formula is C22H23N3S. The van der Waals surface area contributed by atoms with Gasteiger partial charge in [-0.3, -0.25) is 4.99 Å². The van der Waals surface area contributed by atoms with Gasteiger partial charge in [0.2, 0.25) is 4.80 Å². The van der Waals surface area contributed by atoms with E-state index in [4.69, 9.17) is 10.1 Å². The van der Waals surface area contributed by atoms with E-state index in [0.29, 0.717) is 6.54 Å². The van der Waals surface area contributed by atoms with Crippen LogP contribution in [0.3, 0.4) is 0 Å². The Morgan fingerprint density at radius 3 is 2.69 bits per heavy atom. The normalized spacial score (nSPS) is 15.0. The smallest absolute Gasteiger partial charge is 0.206 e. The molecule has 0 N–H and O–H groups in total. The SMILES string of the molecule is C=C(C)CN=c1scc(-c2cccc3ccccc23)n1N=C1CCCC1. The highest BCUT2D eigenvalue weighted by Gasteiger charge is 2.14. The van der Waals surface area contributed by atoms with Gasteiger partial charge in [-0.15, -0.1) is 11.3 Å². The lowest BCUT2D eigenvalue weighted by Crippen LogP contribution is -2.14. The van der Waals surface area contributed by atoms with Crippen LogP contribution in [-0.4, -0.2) is 16.9 Å². The fraction of sp³-hybridized carbons (Fsp3) is 0.273. The third-order valence-corrected chi connectivity index (χ3v) is 5.51. The summed E-state index contributed by atoms with van der Waals surface area (Å²) in [5.41, 5.74) is 4.66. The summed E-state index contributed by atoms with van der Waals surface area (Å²) < 4.78 is 2.05. The van der Waals surface area contributed by atoms with Crippen molar-refractivity contribution in [3.63, 3.8) is 0 Å². The standard InChI is InChI=1S/C22H23N3S/c1-16(2)14-23-22-25(24-18-10-4-5-11-18)21(15-26-22)20-13-7-9-17-8-3-6-12-19(17)20/h3,6-9,12-13,15H,1,4-5,10-11,14H2,2H3. The summed E-state index contributed by atoms with van der Waals surface area (Å²) in [6.45, 7) is 6.62. The quantitative estimate of drug-likeness (QED) is 0.540. The molecule has 1 fully saturated rings. The van der Waals surface area contributed by atoms with Crippen LogP contribution in [0, 0.1) is 0 Å². The molecule has 26 heavy (non-hydrogen) atoms. The summed E-state index contributed by atoms with van der Waals surface area (Å²) in [5.74, 6) is 0. The maximum Gasteiger partial charge on any atom is 0.206 e. The van der Waals surface area contributed by atoms with Gasteiger partial charge >= 0.3 is 0 Å². The van der Waals surface area contributed by atoms with E-state index in [0.717, 1.165) is 28.9 Å². The first-order chi connectivity index (χ1) is 12.7. The van der Waals surface area contributed by atoms with Gasteiger partial charge in [-0.2, -0.15) is 5.10 Å². The van der Waals surface area contributed by atoms with Crippen molar-refractivity contribution >= 4 is 27.8 Å². The molecule has 132 valence electrons. The van der Waals surface area contributed by atoms with Crippen molar-refractivity contribution < 1.29 is 0 Å². The monoisotopic (exact) mass is 361 g/mol. The van der Waals surface area contributed by atoms with Crippen molar-refractivity contribution in [1.82, 2.24) is 4.68 Å². The lowest BCUT2D eigenvalue weighted by atomic mass is 10.0. The molecule has 3 nitrogen and oxygen atoms in total. The Morgan fingerprint density at radius 1 is 1.12 bits per heavy atom. The predicted molar refractivity (Wildman–Crippen MR) is 112 cm³/mol. The second-order valence-corrected chi connectivity index (χ2v) is 7.73. The third kappa shape index (κ3) is 3.42. The molecule has 1 aliphatic carbocycles. The molecule has 0 bridgehead atoms. The Balaban J connectivity index is 1.92. The molecule has 0 amide bonds. The molecule has 4 heteroatoms.